The number of aromatic nitrogens is 1. The molecule has 1 aliphatic carbocycles. The number of carboxylic acid groups (broad SMARTS) is 1. The van der Waals surface area contributed by atoms with Crippen molar-refractivity contribution in [2.45, 2.75) is 39.7 Å². The first kappa shape index (κ1) is 15.6. The van der Waals surface area contributed by atoms with Crippen LogP contribution in [0.3, 0.4) is 0 Å². The first-order valence-corrected chi connectivity index (χ1v) is 8.75. The zero-order valence-corrected chi connectivity index (χ0v) is 14.1. The minimum atomic E-state index is -0.863. The predicted molar refractivity (Wildman–Crippen MR) is 87.2 cm³/mol. The van der Waals surface area contributed by atoms with E-state index in [1.165, 1.54) is 16.2 Å². The van der Waals surface area contributed by atoms with Gasteiger partial charge in [-0.3, -0.25) is 4.84 Å². The number of carbonyl (C=O) groups is 1. The molecule has 2 heterocycles. The topological polar surface area (TPSA) is 85.4 Å². The maximum Gasteiger partial charge on any atom is 0.337 e. The van der Waals surface area contributed by atoms with Crippen molar-refractivity contribution in [3.05, 3.63) is 27.2 Å². The summed E-state index contributed by atoms with van der Waals surface area (Å²) in [5.41, 5.74) is 3.99. The van der Waals surface area contributed by atoms with Crippen molar-refractivity contribution in [3.8, 4) is 9.75 Å². The van der Waals surface area contributed by atoms with E-state index >= 15 is 0 Å². The van der Waals surface area contributed by atoms with E-state index in [0.717, 1.165) is 34.6 Å². The summed E-state index contributed by atoms with van der Waals surface area (Å²) in [4.78, 5) is 23.6. The van der Waals surface area contributed by atoms with Gasteiger partial charge in [-0.15, -0.1) is 22.7 Å². The van der Waals surface area contributed by atoms with Gasteiger partial charge >= 0.3 is 5.97 Å². The quantitative estimate of drug-likeness (QED) is 0.834. The second-order valence-corrected chi connectivity index (χ2v) is 8.25. The van der Waals surface area contributed by atoms with Crippen molar-refractivity contribution in [1.82, 2.24) is 4.98 Å². The molecule has 0 bridgehead atoms. The SMILES string of the molecule is CC1(C)CCc2sc(-c3scnc3CON)c(C(=O)O)c2C1. The molecule has 0 radical (unpaired) electrons. The Kier molecular flexibility index (Phi) is 4.07. The summed E-state index contributed by atoms with van der Waals surface area (Å²) >= 11 is 3.02. The molecule has 7 heteroatoms. The minimum Gasteiger partial charge on any atom is -0.478 e. The summed E-state index contributed by atoms with van der Waals surface area (Å²) in [6.45, 7) is 4.57. The Labute approximate surface area is 136 Å². The molecule has 0 fully saturated rings. The molecular formula is C15H18N2O3S2. The smallest absolute Gasteiger partial charge is 0.337 e. The number of aromatic carboxylic acids is 1. The predicted octanol–water partition coefficient (Wildman–Crippen LogP) is 3.48. The molecule has 0 saturated carbocycles. The Bertz CT molecular complexity index is 718. The van der Waals surface area contributed by atoms with Gasteiger partial charge in [0, 0.05) is 4.88 Å². The zero-order valence-electron chi connectivity index (χ0n) is 12.5. The second-order valence-electron chi connectivity index (χ2n) is 6.29. The first-order valence-electron chi connectivity index (χ1n) is 7.05. The second kappa shape index (κ2) is 5.73. The standard InChI is InChI=1S/C15H18N2O3S2/c1-15(2)4-3-10-8(5-15)11(14(18)19)13(22-10)12-9(6-20-16)17-7-21-12/h7H,3-6,16H2,1-2H3,(H,18,19). The van der Waals surface area contributed by atoms with Gasteiger partial charge in [-0.2, -0.15) is 0 Å². The van der Waals surface area contributed by atoms with E-state index in [0.29, 0.717) is 11.3 Å². The van der Waals surface area contributed by atoms with E-state index in [9.17, 15) is 9.90 Å². The number of carboxylic acids is 1. The minimum absolute atomic E-state index is 0.145. The number of aryl methyl sites for hydroxylation is 1. The monoisotopic (exact) mass is 338 g/mol. The Morgan fingerprint density at radius 3 is 2.95 bits per heavy atom. The summed E-state index contributed by atoms with van der Waals surface area (Å²) in [6.07, 6.45) is 2.83. The van der Waals surface area contributed by atoms with Crippen LogP contribution in [0.5, 0.6) is 0 Å². The number of nitrogens with zero attached hydrogens (tertiary/aromatic N) is 1. The summed E-state index contributed by atoms with van der Waals surface area (Å²) in [6, 6.07) is 0. The molecule has 0 saturated heterocycles. The number of fused-ring (bicyclic) bond motifs is 1. The molecule has 1 aliphatic rings. The Morgan fingerprint density at radius 2 is 2.27 bits per heavy atom. The van der Waals surface area contributed by atoms with E-state index < -0.39 is 5.97 Å². The number of thiazole rings is 1. The fraction of sp³-hybridized carbons (Fsp3) is 0.467. The van der Waals surface area contributed by atoms with Gasteiger partial charge < -0.3 is 5.11 Å². The van der Waals surface area contributed by atoms with E-state index in [4.69, 9.17) is 5.90 Å². The fourth-order valence-electron chi connectivity index (χ4n) is 2.94. The van der Waals surface area contributed by atoms with Crippen LogP contribution in [0.25, 0.3) is 9.75 Å². The van der Waals surface area contributed by atoms with E-state index in [1.54, 1.807) is 16.8 Å². The molecule has 22 heavy (non-hydrogen) atoms. The van der Waals surface area contributed by atoms with Crippen LogP contribution in [-0.2, 0) is 24.3 Å². The largest absolute Gasteiger partial charge is 0.478 e. The molecule has 0 atom stereocenters. The average molecular weight is 338 g/mol. The van der Waals surface area contributed by atoms with Crippen LogP contribution in [0.15, 0.2) is 5.51 Å². The lowest BCUT2D eigenvalue weighted by Gasteiger charge is -2.29. The molecule has 118 valence electrons. The highest BCUT2D eigenvalue weighted by atomic mass is 32.1. The number of nitrogens with two attached hydrogens (primary N) is 1. The molecule has 2 aromatic rings. The van der Waals surface area contributed by atoms with Gasteiger partial charge in [-0.1, -0.05) is 13.8 Å². The Balaban J connectivity index is 2.15. The van der Waals surface area contributed by atoms with Crippen molar-refractivity contribution >= 4 is 28.6 Å². The number of rotatable bonds is 4. The number of thiophene rings is 1. The summed E-state index contributed by atoms with van der Waals surface area (Å²) < 4.78 is 0. The van der Waals surface area contributed by atoms with Crippen LogP contribution < -0.4 is 5.90 Å². The van der Waals surface area contributed by atoms with Gasteiger partial charge in [-0.25, -0.2) is 15.7 Å². The third kappa shape index (κ3) is 2.69. The van der Waals surface area contributed by atoms with Crippen molar-refractivity contribution in [1.29, 1.82) is 0 Å². The van der Waals surface area contributed by atoms with Gasteiger partial charge in [-0.05, 0) is 30.2 Å². The summed E-state index contributed by atoms with van der Waals surface area (Å²) in [7, 11) is 0. The van der Waals surface area contributed by atoms with Crippen LogP contribution in [0, 0.1) is 5.41 Å². The summed E-state index contributed by atoms with van der Waals surface area (Å²) in [5.74, 6) is 4.29. The number of hydrogen-bond acceptors (Lipinski definition) is 6. The van der Waals surface area contributed by atoms with Crippen LogP contribution in [0.4, 0.5) is 0 Å². The highest BCUT2D eigenvalue weighted by Crippen LogP contribution is 2.46. The third-order valence-corrected chi connectivity index (χ3v) is 6.38. The lowest BCUT2D eigenvalue weighted by molar-refractivity contribution is 0.0696. The maximum atomic E-state index is 11.9. The lowest BCUT2D eigenvalue weighted by atomic mass is 9.76. The van der Waals surface area contributed by atoms with Crippen molar-refractivity contribution in [2.75, 3.05) is 0 Å². The first-order chi connectivity index (χ1) is 10.4. The molecular weight excluding hydrogens is 320 g/mol. The Hall–Kier alpha value is -1.28. The highest BCUT2D eigenvalue weighted by Gasteiger charge is 2.33. The molecule has 0 aromatic carbocycles. The van der Waals surface area contributed by atoms with Crippen molar-refractivity contribution in [3.63, 3.8) is 0 Å². The molecule has 0 amide bonds. The van der Waals surface area contributed by atoms with Gasteiger partial charge in [0.15, 0.2) is 0 Å². The van der Waals surface area contributed by atoms with Crippen LogP contribution >= 0.6 is 22.7 Å². The van der Waals surface area contributed by atoms with Crippen molar-refractivity contribution in [2.24, 2.45) is 11.3 Å². The van der Waals surface area contributed by atoms with Gasteiger partial charge in [0.05, 0.1) is 26.5 Å². The lowest BCUT2D eigenvalue weighted by Crippen LogP contribution is -2.22. The fourth-order valence-corrected chi connectivity index (χ4v) is 5.22. The van der Waals surface area contributed by atoms with E-state index in [1.807, 2.05) is 0 Å². The third-order valence-electron chi connectivity index (χ3n) is 4.06. The molecule has 0 unspecified atom stereocenters. The Morgan fingerprint density at radius 1 is 1.50 bits per heavy atom. The maximum absolute atomic E-state index is 11.9. The van der Waals surface area contributed by atoms with Gasteiger partial charge in [0.1, 0.15) is 6.61 Å². The van der Waals surface area contributed by atoms with Gasteiger partial charge in [0.25, 0.3) is 0 Å². The van der Waals surface area contributed by atoms with Gasteiger partial charge in [0.2, 0.25) is 0 Å². The summed E-state index contributed by atoms with van der Waals surface area (Å²) in [5, 5.41) is 9.74. The molecule has 3 rings (SSSR count). The normalized spacial score (nSPS) is 16.5. The van der Waals surface area contributed by atoms with Crippen LogP contribution in [-0.4, -0.2) is 16.1 Å². The molecule has 0 spiro atoms. The van der Waals surface area contributed by atoms with Crippen LogP contribution in [0.1, 0.15) is 46.8 Å². The van der Waals surface area contributed by atoms with E-state index in [-0.39, 0.29) is 12.0 Å². The zero-order chi connectivity index (χ0) is 15.9. The highest BCUT2D eigenvalue weighted by molar-refractivity contribution is 7.21. The van der Waals surface area contributed by atoms with Crippen LogP contribution in [0.2, 0.25) is 0 Å². The average Bonchev–Trinajstić information content (AvgIpc) is 3.01. The van der Waals surface area contributed by atoms with Crippen molar-refractivity contribution < 1.29 is 14.7 Å². The van der Waals surface area contributed by atoms with E-state index in [2.05, 4.69) is 23.7 Å². The molecule has 5 nitrogen and oxygen atoms in total. The molecule has 2 aromatic heterocycles. The molecule has 3 N–H and O–H groups in total. The molecule has 0 aliphatic heterocycles. The number of hydrogen-bond donors (Lipinski definition) is 2.